The number of rotatable bonds is 3. The predicted octanol–water partition coefficient (Wildman–Crippen LogP) is 4.50. The van der Waals surface area contributed by atoms with Crippen LogP contribution >= 0.6 is 0 Å². The SMILES string of the molecule is [2H]C1([2H])CC(C2(CCC)CCCCC2)CC([2H])([2H])C1=O. The van der Waals surface area contributed by atoms with Crippen molar-refractivity contribution in [3.63, 3.8) is 0 Å². The number of carbonyl (C=O) groups excluding carboxylic acids is 1. The average molecular weight is 226 g/mol. The van der Waals surface area contributed by atoms with Gasteiger partial charge in [-0.05, 0) is 43.4 Å². The quantitative estimate of drug-likeness (QED) is 0.692. The van der Waals surface area contributed by atoms with Crippen LogP contribution in [0.1, 0.15) is 82.9 Å². The third-order valence-electron chi connectivity index (χ3n) is 4.48. The summed E-state index contributed by atoms with van der Waals surface area (Å²) < 4.78 is 31.7. The van der Waals surface area contributed by atoms with Crippen molar-refractivity contribution in [1.82, 2.24) is 0 Å². The minimum Gasteiger partial charge on any atom is -0.300 e. The molecular formula is C15H26O. The summed E-state index contributed by atoms with van der Waals surface area (Å²) >= 11 is 0. The van der Waals surface area contributed by atoms with E-state index in [-0.39, 0.29) is 24.2 Å². The monoisotopic (exact) mass is 226 g/mol. The first kappa shape index (κ1) is 7.89. The summed E-state index contributed by atoms with van der Waals surface area (Å²) in [6, 6.07) is 0. The van der Waals surface area contributed by atoms with Crippen LogP contribution in [0.15, 0.2) is 0 Å². The van der Waals surface area contributed by atoms with Crippen LogP contribution in [0.3, 0.4) is 0 Å². The van der Waals surface area contributed by atoms with Gasteiger partial charge in [0.25, 0.3) is 0 Å². The van der Waals surface area contributed by atoms with E-state index in [1.54, 1.807) is 0 Å². The minimum atomic E-state index is -2.00. The van der Waals surface area contributed by atoms with E-state index in [0.717, 1.165) is 38.5 Å². The molecule has 1 heteroatoms. The van der Waals surface area contributed by atoms with Gasteiger partial charge in [0.15, 0.2) is 0 Å². The molecule has 0 aromatic carbocycles. The second-order valence-electron chi connectivity index (χ2n) is 5.46. The summed E-state index contributed by atoms with van der Waals surface area (Å²) in [6.45, 7) is 2.15. The molecule has 0 atom stereocenters. The molecule has 92 valence electrons. The largest absolute Gasteiger partial charge is 0.300 e. The molecule has 2 saturated carbocycles. The maximum absolute atomic E-state index is 11.9. The molecule has 2 aliphatic rings. The van der Waals surface area contributed by atoms with Gasteiger partial charge < -0.3 is 0 Å². The smallest absolute Gasteiger partial charge is 0.132 e. The van der Waals surface area contributed by atoms with Gasteiger partial charge in [0.05, 0.1) is 0 Å². The summed E-state index contributed by atoms with van der Waals surface area (Å²) in [5, 5.41) is 0. The summed E-state index contributed by atoms with van der Waals surface area (Å²) in [6.07, 6.45) is 4.24. The van der Waals surface area contributed by atoms with Crippen LogP contribution in [-0.2, 0) is 4.79 Å². The standard InChI is InChI=1S/C15H26O/c1-2-10-15(11-4-3-5-12-15)13-6-8-14(16)9-7-13/h13H,2-12H2,1H3/i8D2,9D2. The Morgan fingerprint density at radius 1 is 1.25 bits per heavy atom. The van der Waals surface area contributed by atoms with Crippen molar-refractivity contribution in [3.8, 4) is 0 Å². The fourth-order valence-corrected chi connectivity index (χ4v) is 3.62. The van der Waals surface area contributed by atoms with E-state index in [0.29, 0.717) is 0 Å². The summed E-state index contributed by atoms with van der Waals surface area (Å²) in [7, 11) is 0. The van der Waals surface area contributed by atoms with Crippen LogP contribution in [-0.4, -0.2) is 5.78 Å². The van der Waals surface area contributed by atoms with E-state index in [2.05, 4.69) is 6.92 Å². The molecule has 0 bridgehead atoms. The fourth-order valence-electron chi connectivity index (χ4n) is 3.62. The number of Topliss-reactive ketones (excluding diaryl/α,β-unsaturated/α-hetero) is 1. The molecule has 1 nitrogen and oxygen atoms in total. The van der Waals surface area contributed by atoms with E-state index >= 15 is 0 Å². The highest BCUT2D eigenvalue weighted by molar-refractivity contribution is 5.79. The second-order valence-corrected chi connectivity index (χ2v) is 5.46. The third kappa shape index (κ3) is 2.49. The molecule has 0 spiro atoms. The van der Waals surface area contributed by atoms with Crippen molar-refractivity contribution < 1.29 is 10.3 Å². The Kier molecular flexibility index (Phi) is 2.63. The normalized spacial score (nSPS) is 36.9. The summed E-state index contributed by atoms with van der Waals surface area (Å²) in [5.74, 6) is -0.839. The number of hydrogen-bond donors (Lipinski definition) is 0. The Morgan fingerprint density at radius 3 is 2.44 bits per heavy atom. The molecular weight excluding hydrogens is 196 g/mol. The van der Waals surface area contributed by atoms with Crippen LogP contribution in [0.25, 0.3) is 0 Å². The molecule has 2 rings (SSSR count). The van der Waals surface area contributed by atoms with Crippen molar-refractivity contribution in [2.45, 2.75) is 77.5 Å². The van der Waals surface area contributed by atoms with Gasteiger partial charge in [-0.25, -0.2) is 0 Å². The lowest BCUT2D eigenvalue weighted by atomic mass is 9.60. The third-order valence-corrected chi connectivity index (χ3v) is 4.48. The van der Waals surface area contributed by atoms with E-state index in [4.69, 9.17) is 5.48 Å². The fraction of sp³-hybridized carbons (Fsp3) is 0.933. The van der Waals surface area contributed by atoms with Crippen LogP contribution in [0.5, 0.6) is 0 Å². The van der Waals surface area contributed by atoms with Gasteiger partial charge in [0.2, 0.25) is 0 Å². The van der Waals surface area contributed by atoms with Gasteiger partial charge in [0.1, 0.15) is 5.78 Å². The van der Waals surface area contributed by atoms with E-state index in [1.165, 1.54) is 6.42 Å². The lowest BCUT2D eigenvalue weighted by Gasteiger charge is -2.45. The van der Waals surface area contributed by atoms with Gasteiger partial charge in [-0.1, -0.05) is 32.6 Å². The van der Waals surface area contributed by atoms with Gasteiger partial charge in [-0.15, -0.1) is 0 Å². The van der Waals surface area contributed by atoms with E-state index in [1.807, 2.05) is 0 Å². The lowest BCUT2D eigenvalue weighted by Crippen LogP contribution is -2.35. The second kappa shape index (κ2) is 5.33. The zero-order valence-electron chi connectivity index (χ0n) is 14.3. The molecule has 2 aliphatic carbocycles. The van der Waals surface area contributed by atoms with E-state index in [9.17, 15) is 4.79 Å². The predicted molar refractivity (Wildman–Crippen MR) is 67.4 cm³/mol. The highest BCUT2D eigenvalue weighted by atomic mass is 16.1. The molecule has 0 aromatic rings. The number of carbonyl (C=O) groups is 1. The molecule has 16 heavy (non-hydrogen) atoms. The van der Waals surface area contributed by atoms with Crippen molar-refractivity contribution in [3.05, 3.63) is 0 Å². The van der Waals surface area contributed by atoms with Crippen molar-refractivity contribution in [1.29, 1.82) is 0 Å². The van der Waals surface area contributed by atoms with Gasteiger partial charge in [-0.3, -0.25) is 4.79 Å². The maximum atomic E-state index is 11.9. The molecule has 2 fully saturated rings. The minimum absolute atomic E-state index is 0.00505. The Balaban J connectivity index is 2.27. The molecule has 0 aromatic heterocycles. The Hall–Kier alpha value is -0.330. The first-order valence-electron chi connectivity index (χ1n) is 8.78. The van der Waals surface area contributed by atoms with Gasteiger partial charge in [0, 0.05) is 18.2 Å². The van der Waals surface area contributed by atoms with Crippen LogP contribution in [0, 0.1) is 11.3 Å². The van der Waals surface area contributed by atoms with Crippen molar-refractivity contribution >= 4 is 5.78 Å². The average Bonchev–Trinajstić information content (AvgIpc) is 2.36. The number of hydrogen-bond acceptors (Lipinski definition) is 1. The number of ketones is 1. The Bertz CT molecular complexity index is 347. The zero-order valence-corrected chi connectivity index (χ0v) is 10.3. The molecule has 0 heterocycles. The first-order valence-corrected chi connectivity index (χ1v) is 6.78. The Morgan fingerprint density at radius 2 is 1.88 bits per heavy atom. The summed E-state index contributed by atoms with van der Waals surface area (Å²) in [5.41, 5.74) is 0.0639. The molecule has 0 radical (unpaired) electrons. The molecule has 0 saturated heterocycles. The van der Waals surface area contributed by atoms with Crippen LogP contribution in [0.2, 0.25) is 0 Å². The molecule has 0 amide bonds. The van der Waals surface area contributed by atoms with Gasteiger partial charge in [-0.2, -0.15) is 0 Å². The van der Waals surface area contributed by atoms with Crippen molar-refractivity contribution in [2.24, 2.45) is 11.3 Å². The van der Waals surface area contributed by atoms with Crippen LogP contribution in [0.4, 0.5) is 0 Å². The molecule has 0 N–H and O–H groups in total. The Labute approximate surface area is 106 Å². The maximum Gasteiger partial charge on any atom is 0.132 e. The lowest BCUT2D eigenvalue weighted by molar-refractivity contribution is -0.122. The first-order chi connectivity index (χ1) is 9.23. The highest BCUT2D eigenvalue weighted by Gasteiger charge is 2.39. The van der Waals surface area contributed by atoms with Gasteiger partial charge >= 0.3 is 0 Å². The zero-order chi connectivity index (χ0) is 15.0. The van der Waals surface area contributed by atoms with Crippen molar-refractivity contribution in [2.75, 3.05) is 0 Å². The van der Waals surface area contributed by atoms with Crippen LogP contribution < -0.4 is 0 Å². The summed E-state index contributed by atoms with van der Waals surface area (Å²) in [4.78, 5) is 11.9. The molecule has 0 aliphatic heterocycles. The molecule has 0 unspecified atom stereocenters. The highest BCUT2D eigenvalue weighted by Crippen LogP contribution is 2.50. The van der Waals surface area contributed by atoms with E-state index < -0.39 is 18.5 Å². The topological polar surface area (TPSA) is 17.1 Å².